The van der Waals surface area contributed by atoms with E-state index in [0.29, 0.717) is 12.5 Å². The third-order valence-corrected chi connectivity index (χ3v) is 4.14. The summed E-state index contributed by atoms with van der Waals surface area (Å²) in [4.78, 5) is 20.7. The Labute approximate surface area is 124 Å². The van der Waals surface area contributed by atoms with Crippen LogP contribution in [0.2, 0.25) is 0 Å². The van der Waals surface area contributed by atoms with E-state index >= 15 is 0 Å². The number of thiazole rings is 1. The number of aromatic nitrogens is 1. The number of rotatable bonds is 5. The van der Waals surface area contributed by atoms with Gasteiger partial charge in [-0.3, -0.25) is 4.79 Å². The Hall–Kier alpha value is -1.14. The molecule has 20 heavy (non-hydrogen) atoms. The fourth-order valence-corrected chi connectivity index (χ4v) is 2.85. The zero-order chi connectivity index (χ0) is 14.5. The van der Waals surface area contributed by atoms with Gasteiger partial charge in [0.2, 0.25) is 0 Å². The van der Waals surface area contributed by atoms with Crippen molar-refractivity contribution >= 4 is 22.4 Å². The minimum absolute atomic E-state index is 0.101. The van der Waals surface area contributed by atoms with Gasteiger partial charge in [-0.2, -0.15) is 0 Å². The predicted molar refractivity (Wildman–Crippen MR) is 81.2 cm³/mol. The topological polar surface area (TPSA) is 45.7 Å². The highest BCUT2D eigenvalue weighted by Gasteiger charge is 2.26. The second kappa shape index (κ2) is 7.04. The summed E-state index contributed by atoms with van der Waals surface area (Å²) in [6, 6.07) is 0. The van der Waals surface area contributed by atoms with Gasteiger partial charge in [0.1, 0.15) is 6.10 Å². The van der Waals surface area contributed by atoms with Crippen molar-refractivity contribution in [3.05, 3.63) is 11.6 Å². The molecule has 0 N–H and O–H groups in total. The highest BCUT2D eigenvalue weighted by Crippen LogP contribution is 2.19. The average molecular weight is 297 g/mol. The largest absolute Gasteiger partial charge is 0.368 e. The van der Waals surface area contributed by atoms with E-state index in [1.165, 1.54) is 0 Å². The summed E-state index contributed by atoms with van der Waals surface area (Å²) < 4.78 is 5.60. The Bertz CT molecular complexity index is 414. The maximum Gasteiger partial charge on any atom is 0.251 e. The van der Waals surface area contributed by atoms with E-state index in [-0.39, 0.29) is 12.0 Å². The minimum atomic E-state index is -0.344. The number of carbonyl (C=O) groups excluding carboxylic acids is 1. The third-order valence-electron chi connectivity index (χ3n) is 3.31. The number of carbonyl (C=O) groups is 1. The van der Waals surface area contributed by atoms with Crippen molar-refractivity contribution in [3.63, 3.8) is 0 Å². The van der Waals surface area contributed by atoms with Crippen LogP contribution in [0.4, 0.5) is 5.13 Å². The molecule has 2 rings (SSSR count). The quantitative estimate of drug-likeness (QED) is 0.832. The maximum atomic E-state index is 12.3. The van der Waals surface area contributed by atoms with E-state index in [1.54, 1.807) is 11.3 Å². The van der Waals surface area contributed by atoms with Crippen LogP contribution in [0.3, 0.4) is 0 Å². The number of anilines is 1. The number of ether oxygens (including phenoxy) is 1. The first-order chi connectivity index (χ1) is 9.58. The minimum Gasteiger partial charge on any atom is -0.368 e. The number of amides is 1. The molecule has 5 nitrogen and oxygen atoms in total. The van der Waals surface area contributed by atoms with Crippen LogP contribution in [0, 0.1) is 5.92 Å². The van der Waals surface area contributed by atoms with Crippen LogP contribution >= 0.6 is 11.3 Å². The number of nitrogens with zero attached hydrogens (tertiary/aromatic N) is 3. The summed E-state index contributed by atoms with van der Waals surface area (Å²) in [6.07, 6.45) is 1.48. The van der Waals surface area contributed by atoms with Crippen molar-refractivity contribution in [2.75, 3.05) is 37.7 Å². The van der Waals surface area contributed by atoms with Gasteiger partial charge in [-0.1, -0.05) is 13.8 Å². The summed E-state index contributed by atoms with van der Waals surface area (Å²) in [6.45, 7) is 9.83. The van der Waals surface area contributed by atoms with Crippen LogP contribution in [0.15, 0.2) is 11.6 Å². The molecule has 0 unspecified atom stereocenters. The highest BCUT2D eigenvalue weighted by atomic mass is 32.1. The van der Waals surface area contributed by atoms with Gasteiger partial charge in [0, 0.05) is 44.4 Å². The van der Waals surface area contributed by atoms with Gasteiger partial charge >= 0.3 is 0 Å². The van der Waals surface area contributed by atoms with E-state index in [2.05, 4.69) is 23.7 Å². The molecule has 2 heterocycles. The molecule has 1 atom stereocenters. The SMILES string of the molecule is CC(C)CO[C@H](C)C(=O)N1CCN(c2nccs2)CC1. The molecule has 0 radical (unpaired) electrons. The molecule has 0 spiro atoms. The molecule has 6 heteroatoms. The van der Waals surface area contributed by atoms with Gasteiger partial charge in [0.05, 0.1) is 0 Å². The first kappa shape index (κ1) is 15.3. The first-order valence-corrected chi connectivity index (χ1v) is 8.00. The fraction of sp³-hybridized carbons (Fsp3) is 0.714. The first-order valence-electron chi connectivity index (χ1n) is 7.12. The fourth-order valence-electron chi connectivity index (χ4n) is 2.16. The molecule has 1 aliphatic heterocycles. The van der Waals surface area contributed by atoms with Crippen LogP contribution in [0.1, 0.15) is 20.8 Å². The molecule has 0 saturated carbocycles. The van der Waals surface area contributed by atoms with Crippen LogP contribution in [0.25, 0.3) is 0 Å². The summed E-state index contributed by atoms with van der Waals surface area (Å²) in [5.74, 6) is 0.552. The van der Waals surface area contributed by atoms with E-state index in [4.69, 9.17) is 4.74 Å². The lowest BCUT2D eigenvalue weighted by Gasteiger charge is -2.35. The number of hydrogen-bond acceptors (Lipinski definition) is 5. The van der Waals surface area contributed by atoms with E-state index < -0.39 is 0 Å². The standard InChI is InChI=1S/C14H23N3O2S/c1-11(2)10-19-12(3)13(18)16-5-7-17(8-6-16)14-15-4-9-20-14/h4,9,11-12H,5-8,10H2,1-3H3/t12-/m1/s1. The molecule has 0 aromatic carbocycles. The zero-order valence-corrected chi connectivity index (χ0v) is 13.2. The van der Waals surface area contributed by atoms with Gasteiger partial charge < -0.3 is 14.5 Å². The molecule has 1 fully saturated rings. The molecule has 1 aromatic heterocycles. The molecule has 0 aliphatic carbocycles. The lowest BCUT2D eigenvalue weighted by atomic mass is 10.2. The van der Waals surface area contributed by atoms with Gasteiger partial charge in [-0.05, 0) is 12.8 Å². The Balaban J connectivity index is 1.79. The monoisotopic (exact) mass is 297 g/mol. The van der Waals surface area contributed by atoms with Crippen molar-refractivity contribution in [3.8, 4) is 0 Å². The second-order valence-corrected chi connectivity index (χ2v) is 6.37. The van der Waals surface area contributed by atoms with Crippen molar-refractivity contribution in [1.29, 1.82) is 0 Å². The average Bonchev–Trinajstić information content (AvgIpc) is 2.98. The molecule has 1 amide bonds. The zero-order valence-electron chi connectivity index (χ0n) is 12.4. The van der Waals surface area contributed by atoms with Gasteiger partial charge in [0.25, 0.3) is 5.91 Å². The van der Waals surface area contributed by atoms with Crippen molar-refractivity contribution in [2.45, 2.75) is 26.9 Å². The van der Waals surface area contributed by atoms with Crippen molar-refractivity contribution < 1.29 is 9.53 Å². The maximum absolute atomic E-state index is 12.3. The van der Waals surface area contributed by atoms with E-state index in [9.17, 15) is 4.79 Å². The van der Waals surface area contributed by atoms with Crippen LogP contribution in [-0.2, 0) is 9.53 Å². The highest BCUT2D eigenvalue weighted by molar-refractivity contribution is 7.13. The number of piperazine rings is 1. The van der Waals surface area contributed by atoms with Crippen LogP contribution < -0.4 is 4.90 Å². The lowest BCUT2D eigenvalue weighted by Crippen LogP contribution is -2.51. The molecule has 1 aromatic rings. The summed E-state index contributed by atoms with van der Waals surface area (Å²) >= 11 is 1.64. The Morgan fingerprint density at radius 2 is 2.05 bits per heavy atom. The summed E-state index contributed by atoms with van der Waals surface area (Å²) in [5.41, 5.74) is 0. The van der Waals surface area contributed by atoms with Gasteiger partial charge in [0.15, 0.2) is 5.13 Å². The second-order valence-electron chi connectivity index (χ2n) is 5.50. The van der Waals surface area contributed by atoms with E-state index in [1.807, 2.05) is 23.4 Å². The molecule has 0 bridgehead atoms. The van der Waals surface area contributed by atoms with E-state index in [0.717, 1.165) is 31.3 Å². The normalized spacial score (nSPS) is 17.6. The van der Waals surface area contributed by atoms with Crippen molar-refractivity contribution in [1.82, 2.24) is 9.88 Å². The molecular weight excluding hydrogens is 274 g/mol. The van der Waals surface area contributed by atoms with Gasteiger partial charge in [-0.15, -0.1) is 11.3 Å². The molecule has 1 saturated heterocycles. The van der Waals surface area contributed by atoms with Crippen LogP contribution in [-0.4, -0.2) is 54.7 Å². The molecule has 112 valence electrons. The Kier molecular flexibility index (Phi) is 5.37. The summed E-state index contributed by atoms with van der Waals surface area (Å²) in [5, 5.41) is 3.02. The molecule has 1 aliphatic rings. The van der Waals surface area contributed by atoms with Crippen LogP contribution in [0.5, 0.6) is 0 Å². The third kappa shape index (κ3) is 3.93. The van der Waals surface area contributed by atoms with Gasteiger partial charge in [-0.25, -0.2) is 4.98 Å². The Morgan fingerprint density at radius 1 is 1.35 bits per heavy atom. The van der Waals surface area contributed by atoms with Crippen molar-refractivity contribution in [2.24, 2.45) is 5.92 Å². The summed E-state index contributed by atoms with van der Waals surface area (Å²) in [7, 11) is 0. The number of hydrogen-bond donors (Lipinski definition) is 0. The smallest absolute Gasteiger partial charge is 0.251 e. The Morgan fingerprint density at radius 3 is 2.60 bits per heavy atom. The molecular formula is C14H23N3O2S. The lowest BCUT2D eigenvalue weighted by molar-refractivity contribution is -0.143. The predicted octanol–water partition coefficient (Wildman–Crippen LogP) is 1.85.